The van der Waals surface area contributed by atoms with Gasteiger partial charge in [0.15, 0.2) is 0 Å². The van der Waals surface area contributed by atoms with Crippen LogP contribution in [0.25, 0.3) is 10.1 Å². The molecule has 4 nitrogen and oxygen atoms in total. The molecule has 0 aliphatic heterocycles. The Balaban J connectivity index is 1.91. The Labute approximate surface area is 143 Å². The van der Waals surface area contributed by atoms with Crippen LogP contribution in [0.15, 0.2) is 24.3 Å². The molecule has 0 spiro atoms. The van der Waals surface area contributed by atoms with E-state index >= 15 is 0 Å². The van der Waals surface area contributed by atoms with E-state index in [4.69, 9.17) is 0 Å². The smallest absolute Gasteiger partial charge is 0.267 e. The number of rotatable bonds is 5. The van der Waals surface area contributed by atoms with E-state index in [2.05, 4.69) is 48.4 Å². The lowest BCUT2D eigenvalue weighted by Crippen LogP contribution is -2.12. The summed E-state index contributed by atoms with van der Waals surface area (Å²) in [4.78, 5) is 13.5. The summed E-state index contributed by atoms with van der Waals surface area (Å²) >= 11 is 2.99. The average Bonchev–Trinajstić information content (AvgIpc) is 3.13. The molecule has 1 aromatic carbocycles. The average molecular weight is 345 g/mol. The fourth-order valence-electron chi connectivity index (χ4n) is 2.45. The molecule has 1 amide bonds. The van der Waals surface area contributed by atoms with Crippen LogP contribution in [0.5, 0.6) is 0 Å². The Kier molecular flexibility index (Phi) is 4.73. The summed E-state index contributed by atoms with van der Waals surface area (Å²) in [6, 6.07) is 8.19. The van der Waals surface area contributed by atoms with Crippen LogP contribution in [-0.4, -0.2) is 16.1 Å². The minimum atomic E-state index is -0.0823. The second kappa shape index (κ2) is 6.76. The molecule has 120 valence electrons. The first-order valence-corrected chi connectivity index (χ1v) is 9.38. The zero-order valence-corrected chi connectivity index (χ0v) is 15.1. The molecule has 6 heteroatoms. The number of fused-ring (bicyclic) bond motifs is 1. The van der Waals surface area contributed by atoms with Crippen molar-refractivity contribution in [2.75, 3.05) is 5.32 Å². The fraction of sp³-hybridized carbons (Fsp3) is 0.353. The minimum Gasteiger partial charge on any atom is -0.296 e. The lowest BCUT2D eigenvalue weighted by molar-refractivity contribution is 0.102. The van der Waals surface area contributed by atoms with Gasteiger partial charge in [-0.25, -0.2) is 0 Å². The normalized spacial score (nSPS) is 11.3. The van der Waals surface area contributed by atoms with Crippen LogP contribution in [-0.2, 0) is 6.42 Å². The minimum absolute atomic E-state index is 0.0823. The zero-order chi connectivity index (χ0) is 16.4. The first kappa shape index (κ1) is 16.1. The third-order valence-corrected chi connectivity index (χ3v) is 5.91. The van der Waals surface area contributed by atoms with Gasteiger partial charge >= 0.3 is 0 Å². The van der Waals surface area contributed by atoms with E-state index in [-0.39, 0.29) is 5.91 Å². The summed E-state index contributed by atoms with van der Waals surface area (Å²) in [7, 11) is 0. The van der Waals surface area contributed by atoms with Gasteiger partial charge in [-0.1, -0.05) is 56.7 Å². The molecule has 0 fully saturated rings. The van der Waals surface area contributed by atoms with Crippen molar-refractivity contribution in [2.45, 2.75) is 39.5 Å². The number of hydrogen-bond donors (Lipinski definition) is 1. The third kappa shape index (κ3) is 3.28. The molecule has 2 aromatic heterocycles. The quantitative estimate of drug-likeness (QED) is 0.701. The molecular formula is C17H19N3OS2. The zero-order valence-electron chi connectivity index (χ0n) is 13.4. The molecule has 1 N–H and O–H groups in total. The molecule has 0 saturated heterocycles. The van der Waals surface area contributed by atoms with Crippen LogP contribution in [0.1, 0.15) is 53.4 Å². The van der Waals surface area contributed by atoms with E-state index < -0.39 is 0 Å². The molecule has 3 rings (SSSR count). The van der Waals surface area contributed by atoms with Gasteiger partial charge in [0.25, 0.3) is 5.91 Å². The number of amides is 1. The molecule has 0 atom stereocenters. The number of carbonyl (C=O) groups excluding carboxylic acids is 1. The van der Waals surface area contributed by atoms with Gasteiger partial charge < -0.3 is 0 Å². The molecule has 0 radical (unpaired) electrons. The Hall–Kier alpha value is -1.79. The van der Waals surface area contributed by atoms with E-state index in [9.17, 15) is 4.79 Å². The molecule has 2 heterocycles. The van der Waals surface area contributed by atoms with Crippen LogP contribution < -0.4 is 5.32 Å². The van der Waals surface area contributed by atoms with Crippen molar-refractivity contribution in [3.63, 3.8) is 0 Å². The van der Waals surface area contributed by atoms with Crippen molar-refractivity contribution in [1.82, 2.24) is 10.2 Å². The SMILES string of the molecule is CCCc1c(C(=O)Nc2nnc(C(C)C)s2)sc2ccccc12. The second-order valence-corrected chi connectivity index (χ2v) is 7.77. The van der Waals surface area contributed by atoms with E-state index in [1.165, 1.54) is 16.7 Å². The van der Waals surface area contributed by atoms with Crippen molar-refractivity contribution < 1.29 is 4.79 Å². The second-order valence-electron chi connectivity index (χ2n) is 5.71. The van der Waals surface area contributed by atoms with Gasteiger partial charge in [0.2, 0.25) is 5.13 Å². The van der Waals surface area contributed by atoms with Crippen LogP contribution in [0.3, 0.4) is 0 Å². The van der Waals surface area contributed by atoms with Crippen molar-refractivity contribution in [3.8, 4) is 0 Å². The molecule has 3 aromatic rings. The number of benzene rings is 1. The number of thiophene rings is 1. The monoisotopic (exact) mass is 345 g/mol. The van der Waals surface area contributed by atoms with Crippen molar-refractivity contribution in [1.29, 1.82) is 0 Å². The van der Waals surface area contributed by atoms with Crippen molar-refractivity contribution in [3.05, 3.63) is 39.7 Å². The summed E-state index contributed by atoms with van der Waals surface area (Å²) in [5.41, 5.74) is 1.14. The van der Waals surface area contributed by atoms with E-state index in [1.807, 2.05) is 12.1 Å². The Morgan fingerprint density at radius 1 is 1.22 bits per heavy atom. The highest BCUT2D eigenvalue weighted by Crippen LogP contribution is 2.33. The number of hydrogen-bond acceptors (Lipinski definition) is 5. The lowest BCUT2D eigenvalue weighted by Gasteiger charge is -2.03. The molecule has 0 saturated carbocycles. The number of nitrogens with zero attached hydrogens (tertiary/aromatic N) is 2. The van der Waals surface area contributed by atoms with Crippen molar-refractivity contribution >= 4 is 43.8 Å². The predicted octanol–water partition coefficient (Wildman–Crippen LogP) is 5.08. The van der Waals surface area contributed by atoms with E-state index in [0.29, 0.717) is 11.0 Å². The van der Waals surface area contributed by atoms with Crippen LogP contribution >= 0.6 is 22.7 Å². The highest BCUT2D eigenvalue weighted by Gasteiger charge is 2.19. The summed E-state index contributed by atoms with van der Waals surface area (Å²) < 4.78 is 1.15. The van der Waals surface area contributed by atoms with Gasteiger partial charge in [0, 0.05) is 10.6 Å². The van der Waals surface area contributed by atoms with Crippen LogP contribution in [0.4, 0.5) is 5.13 Å². The van der Waals surface area contributed by atoms with Crippen LogP contribution in [0.2, 0.25) is 0 Å². The largest absolute Gasteiger partial charge is 0.296 e. The maximum Gasteiger partial charge on any atom is 0.267 e. The maximum absolute atomic E-state index is 12.7. The fourth-order valence-corrected chi connectivity index (χ4v) is 4.34. The van der Waals surface area contributed by atoms with Gasteiger partial charge in [0.05, 0.1) is 4.88 Å². The first-order chi connectivity index (χ1) is 11.1. The van der Waals surface area contributed by atoms with Crippen LogP contribution in [0, 0.1) is 0 Å². The summed E-state index contributed by atoms with van der Waals surface area (Å²) in [6.07, 6.45) is 1.91. The molecular weight excluding hydrogens is 326 g/mol. The van der Waals surface area contributed by atoms with Gasteiger partial charge in [-0.05, 0) is 23.4 Å². The maximum atomic E-state index is 12.7. The van der Waals surface area contributed by atoms with Crippen molar-refractivity contribution in [2.24, 2.45) is 0 Å². The number of aromatic nitrogens is 2. The molecule has 0 aliphatic carbocycles. The Bertz CT molecular complexity index is 835. The third-order valence-electron chi connectivity index (χ3n) is 3.56. The number of nitrogens with one attached hydrogen (secondary N) is 1. The van der Waals surface area contributed by atoms with Gasteiger partial charge in [0.1, 0.15) is 5.01 Å². The van der Waals surface area contributed by atoms with Gasteiger partial charge in [-0.15, -0.1) is 21.5 Å². The van der Waals surface area contributed by atoms with E-state index in [0.717, 1.165) is 33.0 Å². The predicted molar refractivity (Wildman–Crippen MR) is 97.8 cm³/mol. The highest BCUT2D eigenvalue weighted by atomic mass is 32.1. The molecule has 0 unspecified atom stereocenters. The number of anilines is 1. The van der Waals surface area contributed by atoms with Gasteiger partial charge in [-0.2, -0.15) is 0 Å². The summed E-state index contributed by atoms with van der Waals surface area (Å²) in [5.74, 6) is 0.235. The highest BCUT2D eigenvalue weighted by molar-refractivity contribution is 7.21. The molecule has 0 bridgehead atoms. The summed E-state index contributed by atoms with van der Waals surface area (Å²) in [6.45, 7) is 6.27. The topological polar surface area (TPSA) is 54.9 Å². The van der Waals surface area contributed by atoms with Gasteiger partial charge in [-0.3, -0.25) is 10.1 Å². The van der Waals surface area contributed by atoms with E-state index in [1.54, 1.807) is 11.3 Å². The standard InChI is InChI=1S/C17H19N3OS2/c1-4-7-12-11-8-5-6-9-13(11)22-14(12)15(21)18-17-20-19-16(23-17)10(2)3/h5-6,8-10H,4,7H2,1-3H3,(H,18,20,21). The Morgan fingerprint density at radius 2 is 2.00 bits per heavy atom. The first-order valence-electron chi connectivity index (χ1n) is 7.75. The Morgan fingerprint density at radius 3 is 2.70 bits per heavy atom. The lowest BCUT2D eigenvalue weighted by atomic mass is 10.1. The summed E-state index contributed by atoms with van der Waals surface area (Å²) in [5, 5.41) is 13.8. The number of carbonyl (C=O) groups is 1. The molecule has 23 heavy (non-hydrogen) atoms. The molecule has 0 aliphatic rings. The number of aryl methyl sites for hydroxylation is 1.